The van der Waals surface area contributed by atoms with Gasteiger partial charge in [-0.2, -0.15) is 22.0 Å². The second-order valence-corrected chi connectivity index (χ2v) is 9.58. The predicted molar refractivity (Wildman–Crippen MR) is 127 cm³/mol. The lowest BCUT2D eigenvalue weighted by molar-refractivity contribution is -0.151. The summed E-state index contributed by atoms with van der Waals surface area (Å²) in [4.78, 5) is 50.2. The number of piperidine rings is 1. The second kappa shape index (κ2) is 10.4. The van der Waals surface area contributed by atoms with E-state index < -0.39 is 65.3 Å². The van der Waals surface area contributed by atoms with E-state index in [1.807, 2.05) is 5.32 Å². The zero-order valence-electron chi connectivity index (χ0n) is 22.0. The fourth-order valence-corrected chi connectivity index (χ4v) is 4.55. The van der Waals surface area contributed by atoms with E-state index in [4.69, 9.17) is 6.11 Å². The minimum atomic E-state index is -5.16. The zero-order chi connectivity index (χ0) is 29.6. The monoisotopic (exact) mass is 553 g/mol. The van der Waals surface area contributed by atoms with Gasteiger partial charge in [0, 0.05) is 30.5 Å². The van der Waals surface area contributed by atoms with Crippen LogP contribution < -0.4 is 10.1 Å². The first-order valence-corrected chi connectivity index (χ1v) is 12.1. The number of alkyl halides is 5. The van der Waals surface area contributed by atoms with Crippen LogP contribution in [0.15, 0.2) is 36.4 Å². The van der Waals surface area contributed by atoms with Crippen LogP contribution in [0.1, 0.15) is 67.1 Å². The summed E-state index contributed by atoms with van der Waals surface area (Å²) >= 11 is 0. The van der Waals surface area contributed by atoms with E-state index in [0.717, 1.165) is 11.0 Å². The van der Waals surface area contributed by atoms with Gasteiger partial charge in [0.2, 0.25) is 17.6 Å². The Morgan fingerprint density at radius 2 is 1.82 bits per heavy atom. The van der Waals surface area contributed by atoms with E-state index in [-0.39, 0.29) is 37.1 Å². The first-order chi connectivity index (χ1) is 18.5. The van der Waals surface area contributed by atoms with Gasteiger partial charge in [0.05, 0.1) is 13.0 Å². The van der Waals surface area contributed by atoms with Crippen molar-refractivity contribution in [3.05, 3.63) is 64.2 Å². The summed E-state index contributed by atoms with van der Waals surface area (Å²) in [6.45, 7) is 2.97. The number of carbonyl (C=O) groups is 4. The molecule has 0 aromatic heterocycles. The van der Waals surface area contributed by atoms with Gasteiger partial charge >= 0.3 is 12.1 Å². The van der Waals surface area contributed by atoms with Crippen molar-refractivity contribution in [3.63, 3.8) is 0 Å². The van der Waals surface area contributed by atoms with Crippen LogP contribution in [0, 0.1) is 0 Å². The molecular formula is C27H25F5N2O5. The van der Waals surface area contributed by atoms with Crippen LogP contribution in [0.2, 0.25) is 0 Å². The van der Waals surface area contributed by atoms with Gasteiger partial charge in [-0.05, 0) is 62.1 Å². The number of imide groups is 1. The third-order valence-corrected chi connectivity index (χ3v) is 6.40. The minimum Gasteiger partial charge on any atom is -0.491 e. The topological polar surface area (TPSA) is 92.8 Å². The highest BCUT2D eigenvalue weighted by molar-refractivity contribution is 6.05. The number of carbonyl (C=O) groups excluding carboxylic acids is 4. The quantitative estimate of drug-likeness (QED) is 0.383. The number of benzene rings is 2. The lowest BCUT2D eigenvalue weighted by Gasteiger charge is -2.29. The molecule has 208 valence electrons. The Labute approximate surface area is 221 Å². The Hall–Kier alpha value is -3.83. The second-order valence-electron chi connectivity index (χ2n) is 9.58. The third kappa shape index (κ3) is 5.79. The number of Topliss-reactive ketones (excluding diaryl/α,β-unsaturated/α-hetero) is 1. The van der Waals surface area contributed by atoms with Crippen LogP contribution >= 0.6 is 0 Å². The molecule has 0 aliphatic carbocycles. The summed E-state index contributed by atoms with van der Waals surface area (Å²) in [5.41, 5.74) is -2.22. The number of ether oxygens (including phenoxy) is 1. The van der Waals surface area contributed by atoms with Crippen molar-refractivity contribution in [3.8, 4) is 5.75 Å². The standard InChI is InChI=1S/C27H25F5N2O5/c1-14(2)39-17-5-7-19(20(12-17)27(30,31)32)26(28,29)22(35)9-4-15-3-6-18-16(11-15)13-34(25(18)38)21-8-10-23(36)33-24(21)37/h3,5-7,11-12,14,21H,4,8-10,13H2,1-2H3,(H,33,36,37)/t21-/m1/s1/i21D. The van der Waals surface area contributed by atoms with Gasteiger partial charge in [0.15, 0.2) is 0 Å². The number of aryl methyl sites for hydroxylation is 1. The summed E-state index contributed by atoms with van der Waals surface area (Å²) in [5.74, 6) is -8.52. The molecule has 3 amide bonds. The summed E-state index contributed by atoms with van der Waals surface area (Å²) in [6.07, 6.45) is -7.03. The molecule has 1 N–H and O–H groups in total. The fraction of sp³-hybridized carbons (Fsp3) is 0.407. The van der Waals surface area contributed by atoms with Gasteiger partial charge in [-0.15, -0.1) is 0 Å². The molecule has 0 unspecified atom stereocenters. The number of ketones is 1. The van der Waals surface area contributed by atoms with E-state index in [0.29, 0.717) is 23.3 Å². The van der Waals surface area contributed by atoms with E-state index in [1.165, 1.54) is 18.2 Å². The summed E-state index contributed by atoms with van der Waals surface area (Å²) in [5, 5.41) is 2.05. The summed E-state index contributed by atoms with van der Waals surface area (Å²) < 4.78 is 84.6. The molecule has 1 atom stereocenters. The number of amides is 3. The van der Waals surface area contributed by atoms with Crippen LogP contribution in [0.3, 0.4) is 0 Å². The number of rotatable bonds is 8. The lowest BCUT2D eigenvalue weighted by atomic mass is 9.94. The lowest BCUT2D eigenvalue weighted by Crippen LogP contribution is -2.52. The Kier molecular flexibility index (Phi) is 7.13. The maximum absolute atomic E-state index is 15.0. The molecule has 2 aliphatic rings. The molecule has 1 saturated heterocycles. The molecule has 7 nitrogen and oxygen atoms in total. The van der Waals surface area contributed by atoms with Crippen LogP contribution in [0.4, 0.5) is 22.0 Å². The Balaban J connectivity index is 1.50. The highest BCUT2D eigenvalue weighted by Gasteiger charge is 2.47. The molecule has 12 heteroatoms. The highest BCUT2D eigenvalue weighted by atomic mass is 19.4. The van der Waals surface area contributed by atoms with Crippen molar-refractivity contribution in [2.24, 2.45) is 0 Å². The molecule has 2 aromatic carbocycles. The van der Waals surface area contributed by atoms with Crippen LogP contribution in [0.5, 0.6) is 5.75 Å². The molecule has 2 aliphatic heterocycles. The van der Waals surface area contributed by atoms with Gasteiger partial charge in [0.25, 0.3) is 5.91 Å². The first-order valence-electron chi connectivity index (χ1n) is 12.6. The molecular weight excluding hydrogens is 527 g/mol. The van der Waals surface area contributed by atoms with E-state index in [9.17, 15) is 32.3 Å². The predicted octanol–water partition coefficient (Wildman–Crippen LogP) is 4.55. The van der Waals surface area contributed by atoms with Crippen molar-refractivity contribution in [1.82, 2.24) is 10.2 Å². The van der Waals surface area contributed by atoms with Gasteiger partial charge in [-0.1, -0.05) is 12.1 Å². The van der Waals surface area contributed by atoms with E-state index >= 15 is 8.78 Å². The highest BCUT2D eigenvalue weighted by Crippen LogP contribution is 2.42. The molecule has 0 spiro atoms. The maximum Gasteiger partial charge on any atom is 0.417 e. The van der Waals surface area contributed by atoms with Crippen molar-refractivity contribution < 1.29 is 47.2 Å². The van der Waals surface area contributed by atoms with Crippen molar-refractivity contribution in [1.29, 1.82) is 0 Å². The zero-order valence-corrected chi connectivity index (χ0v) is 21.0. The normalized spacial score (nSPS) is 20.2. The molecule has 4 rings (SSSR count). The molecule has 0 radical (unpaired) electrons. The Morgan fingerprint density at radius 3 is 2.46 bits per heavy atom. The van der Waals surface area contributed by atoms with Crippen LogP contribution in [-0.4, -0.2) is 40.5 Å². The smallest absolute Gasteiger partial charge is 0.417 e. The van der Waals surface area contributed by atoms with Gasteiger partial charge in [0.1, 0.15) is 11.8 Å². The molecule has 0 saturated carbocycles. The molecule has 2 heterocycles. The number of hydrogen-bond acceptors (Lipinski definition) is 5. The SMILES string of the molecule is [2H][C@@]1(N2Cc3cc(CCC(=O)C(F)(F)c4ccc(OC(C)C)cc4C(F)(F)F)ccc3C2=O)CCC(=O)NC1=O. The van der Waals surface area contributed by atoms with E-state index in [1.54, 1.807) is 13.8 Å². The number of hydrogen-bond donors (Lipinski definition) is 1. The Morgan fingerprint density at radius 1 is 1.10 bits per heavy atom. The van der Waals surface area contributed by atoms with Crippen molar-refractivity contribution in [2.75, 3.05) is 0 Å². The molecule has 39 heavy (non-hydrogen) atoms. The largest absolute Gasteiger partial charge is 0.491 e. The average Bonchev–Trinajstić information content (AvgIpc) is 3.20. The maximum atomic E-state index is 15.0. The summed E-state index contributed by atoms with van der Waals surface area (Å²) in [6, 6.07) is 4.19. The van der Waals surface area contributed by atoms with Crippen LogP contribution in [0.25, 0.3) is 0 Å². The molecule has 0 bridgehead atoms. The number of halogens is 5. The molecule has 1 fully saturated rings. The minimum absolute atomic E-state index is 0.125. The number of nitrogens with one attached hydrogen (secondary N) is 1. The first kappa shape index (κ1) is 26.8. The number of nitrogens with zero attached hydrogens (tertiary/aromatic N) is 1. The third-order valence-electron chi connectivity index (χ3n) is 6.40. The van der Waals surface area contributed by atoms with E-state index in [2.05, 4.69) is 0 Å². The van der Waals surface area contributed by atoms with Gasteiger partial charge in [-0.3, -0.25) is 24.5 Å². The average molecular weight is 554 g/mol. The fourth-order valence-electron chi connectivity index (χ4n) is 4.55. The van der Waals surface area contributed by atoms with Crippen molar-refractivity contribution in [2.45, 2.75) is 70.3 Å². The van der Waals surface area contributed by atoms with Gasteiger partial charge < -0.3 is 9.64 Å². The Bertz CT molecular complexity index is 1390. The summed E-state index contributed by atoms with van der Waals surface area (Å²) in [7, 11) is 0. The number of fused-ring (bicyclic) bond motifs is 1. The van der Waals surface area contributed by atoms with Crippen LogP contribution in [-0.2, 0) is 39.4 Å². The molecule has 2 aromatic rings. The van der Waals surface area contributed by atoms with Gasteiger partial charge in [-0.25, -0.2) is 0 Å². The van der Waals surface area contributed by atoms with Crippen molar-refractivity contribution >= 4 is 23.5 Å².